The minimum atomic E-state index is -0.335. The molecule has 16 heavy (non-hydrogen) atoms. The summed E-state index contributed by atoms with van der Waals surface area (Å²) in [6.45, 7) is 2.37. The highest BCUT2D eigenvalue weighted by atomic mass is 79.9. The van der Waals surface area contributed by atoms with Crippen molar-refractivity contribution in [2.24, 2.45) is 11.7 Å². The van der Waals surface area contributed by atoms with Crippen LogP contribution >= 0.6 is 15.9 Å². The SMILES string of the molecule is CC(CN)C(=O)NCc1ccc(Br)c(F)c1. The summed E-state index contributed by atoms with van der Waals surface area (Å²) in [6.07, 6.45) is 0. The number of amides is 1. The van der Waals surface area contributed by atoms with Gasteiger partial charge in [-0.2, -0.15) is 0 Å². The van der Waals surface area contributed by atoms with Gasteiger partial charge in [-0.3, -0.25) is 4.79 Å². The van der Waals surface area contributed by atoms with Crippen LogP contribution in [0.15, 0.2) is 22.7 Å². The molecule has 5 heteroatoms. The molecular weight excluding hydrogens is 275 g/mol. The summed E-state index contributed by atoms with van der Waals surface area (Å²) >= 11 is 3.06. The minimum Gasteiger partial charge on any atom is -0.352 e. The monoisotopic (exact) mass is 288 g/mol. The number of nitrogens with two attached hydrogens (primary N) is 1. The Hall–Kier alpha value is -0.940. The molecule has 1 aromatic rings. The Morgan fingerprint density at radius 1 is 1.62 bits per heavy atom. The summed E-state index contributed by atoms with van der Waals surface area (Å²) in [6, 6.07) is 4.75. The molecule has 0 spiro atoms. The highest BCUT2D eigenvalue weighted by molar-refractivity contribution is 9.10. The third-order valence-electron chi connectivity index (χ3n) is 2.25. The van der Waals surface area contributed by atoms with Gasteiger partial charge in [-0.05, 0) is 33.6 Å². The zero-order valence-corrected chi connectivity index (χ0v) is 10.6. The van der Waals surface area contributed by atoms with Gasteiger partial charge < -0.3 is 11.1 Å². The average molecular weight is 289 g/mol. The van der Waals surface area contributed by atoms with Gasteiger partial charge >= 0.3 is 0 Å². The zero-order valence-electron chi connectivity index (χ0n) is 8.97. The highest BCUT2D eigenvalue weighted by Crippen LogP contribution is 2.16. The maximum Gasteiger partial charge on any atom is 0.224 e. The van der Waals surface area contributed by atoms with E-state index >= 15 is 0 Å². The number of rotatable bonds is 4. The van der Waals surface area contributed by atoms with Crippen LogP contribution < -0.4 is 11.1 Å². The van der Waals surface area contributed by atoms with Crippen molar-refractivity contribution in [3.05, 3.63) is 34.1 Å². The molecule has 1 amide bonds. The second kappa shape index (κ2) is 5.96. The lowest BCUT2D eigenvalue weighted by molar-refractivity contribution is -0.124. The molecule has 0 radical (unpaired) electrons. The first-order valence-corrected chi connectivity index (χ1v) is 5.75. The van der Waals surface area contributed by atoms with Gasteiger partial charge in [-0.25, -0.2) is 4.39 Å². The van der Waals surface area contributed by atoms with Crippen molar-refractivity contribution in [3.63, 3.8) is 0 Å². The smallest absolute Gasteiger partial charge is 0.224 e. The van der Waals surface area contributed by atoms with Gasteiger partial charge in [-0.15, -0.1) is 0 Å². The first-order chi connectivity index (χ1) is 7.54. The normalized spacial score (nSPS) is 12.2. The van der Waals surface area contributed by atoms with Crippen molar-refractivity contribution in [1.29, 1.82) is 0 Å². The van der Waals surface area contributed by atoms with E-state index in [0.29, 0.717) is 17.6 Å². The fourth-order valence-corrected chi connectivity index (χ4v) is 1.37. The van der Waals surface area contributed by atoms with Gasteiger partial charge in [0.25, 0.3) is 0 Å². The highest BCUT2D eigenvalue weighted by Gasteiger charge is 2.10. The van der Waals surface area contributed by atoms with Gasteiger partial charge in [0.1, 0.15) is 5.82 Å². The van der Waals surface area contributed by atoms with Crippen molar-refractivity contribution < 1.29 is 9.18 Å². The van der Waals surface area contributed by atoms with E-state index in [1.165, 1.54) is 6.07 Å². The fraction of sp³-hybridized carbons (Fsp3) is 0.364. The molecule has 0 aliphatic carbocycles. The lowest BCUT2D eigenvalue weighted by Gasteiger charge is -2.10. The van der Waals surface area contributed by atoms with Crippen LogP contribution in [0.3, 0.4) is 0 Å². The van der Waals surface area contributed by atoms with E-state index in [9.17, 15) is 9.18 Å². The van der Waals surface area contributed by atoms with Crippen LogP contribution in [0.2, 0.25) is 0 Å². The van der Waals surface area contributed by atoms with E-state index < -0.39 is 0 Å². The van der Waals surface area contributed by atoms with Gasteiger partial charge in [0.2, 0.25) is 5.91 Å². The first-order valence-electron chi connectivity index (χ1n) is 4.96. The average Bonchev–Trinajstić information content (AvgIpc) is 2.29. The van der Waals surface area contributed by atoms with Crippen LogP contribution in [0.1, 0.15) is 12.5 Å². The van der Waals surface area contributed by atoms with Gasteiger partial charge in [0.05, 0.1) is 4.47 Å². The molecule has 3 nitrogen and oxygen atoms in total. The molecule has 0 aliphatic heterocycles. The Balaban J connectivity index is 2.55. The fourth-order valence-electron chi connectivity index (χ4n) is 1.12. The summed E-state index contributed by atoms with van der Waals surface area (Å²) < 4.78 is 13.6. The molecule has 1 atom stereocenters. The van der Waals surface area contributed by atoms with Crippen LogP contribution in [0, 0.1) is 11.7 Å². The molecule has 0 saturated carbocycles. The maximum absolute atomic E-state index is 13.1. The third-order valence-corrected chi connectivity index (χ3v) is 2.90. The molecule has 0 heterocycles. The van der Waals surface area contributed by atoms with E-state index in [1.54, 1.807) is 19.1 Å². The Bertz CT molecular complexity index is 384. The van der Waals surface area contributed by atoms with Gasteiger partial charge in [-0.1, -0.05) is 13.0 Å². The third kappa shape index (κ3) is 3.57. The van der Waals surface area contributed by atoms with Gasteiger partial charge in [0.15, 0.2) is 0 Å². The standard InChI is InChI=1S/C11H14BrFN2O/c1-7(5-14)11(16)15-6-8-2-3-9(12)10(13)4-8/h2-4,7H,5-6,14H2,1H3,(H,15,16). The van der Waals surface area contributed by atoms with E-state index in [4.69, 9.17) is 5.73 Å². The lowest BCUT2D eigenvalue weighted by atomic mass is 10.1. The van der Waals surface area contributed by atoms with Crippen molar-refractivity contribution in [3.8, 4) is 0 Å². The molecule has 88 valence electrons. The molecule has 0 aliphatic rings. The van der Waals surface area contributed by atoms with Crippen LogP contribution in [0.25, 0.3) is 0 Å². The van der Waals surface area contributed by atoms with Crippen molar-refractivity contribution >= 4 is 21.8 Å². The Kier molecular flexibility index (Phi) is 4.89. The number of nitrogens with one attached hydrogen (secondary N) is 1. The number of carbonyl (C=O) groups is 1. The van der Waals surface area contributed by atoms with Gasteiger partial charge in [0, 0.05) is 19.0 Å². The molecule has 1 aromatic carbocycles. The number of benzene rings is 1. The predicted octanol–water partition coefficient (Wildman–Crippen LogP) is 1.80. The molecule has 1 rings (SSSR count). The largest absolute Gasteiger partial charge is 0.352 e. The summed E-state index contributed by atoms with van der Waals surface area (Å²) in [4.78, 5) is 11.4. The summed E-state index contributed by atoms with van der Waals surface area (Å²) in [7, 11) is 0. The molecule has 1 unspecified atom stereocenters. The van der Waals surface area contributed by atoms with E-state index in [2.05, 4.69) is 21.2 Å². The van der Waals surface area contributed by atoms with Crippen LogP contribution in [0.4, 0.5) is 4.39 Å². The van der Waals surface area contributed by atoms with Crippen LogP contribution in [-0.2, 0) is 11.3 Å². The van der Waals surface area contributed by atoms with E-state index in [-0.39, 0.29) is 17.6 Å². The maximum atomic E-state index is 13.1. The molecule has 0 aromatic heterocycles. The molecule has 0 saturated heterocycles. The second-order valence-electron chi connectivity index (χ2n) is 3.60. The van der Waals surface area contributed by atoms with E-state index in [1.807, 2.05) is 0 Å². The number of carbonyl (C=O) groups excluding carboxylic acids is 1. The Labute approximate surface area is 102 Å². The van der Waals surface area contributed by atoms with E-state index in [0.717, 1.165) is 5.56 Å². The number of hydrogen-bond acceptors (Lipinski definition) is 2. The summed E-state index contributed by atoms with van der Waals surface area (Å²) in [5.41, 5.74) is 6.08. The minimum absolute atomic E-state index is 0.120. The van der Waals surface area contributed by atoms with Crippen LogP contribution in [0.5, 0.6) is 0 Å². The van der Waals surface area contributed by atoms with Crippen molar-refractivity contribution in [2.45, 2.75) is 13.5 Å². The topological polar surface area (TPSA) is 55.1 Å². The second-order valence-corrected chi connectivity index (χ2v) is 4.46. The number of hydrogen-bond donors (Lipinski definition) is 2. The molecule has 3 N–H and O–H groups in total. The quantitative estimate of drug-likeness (QED) is 0.888. The molecule has 0 bridgehead atoms. The van der Waals surface area contributed by atoms with Crippen LogP contribution in [-0.4, -0.2) is 12.5 Å². The van der Waals surface area contributed by atoms with Crippen molar-refractivity contribution in [1.82, 2.24) is 5.32 Å². The lowest BCUT2D eigenvalue weighted by Crippen LogP contribution is -2.32. The Morgan fingerprint density at radius 2 is 2.31 bits per heavy atom. The Morgan fingerprint density at radius 3 is 2.88 bits per heavy atom. The molecular formula is C11H14BrFN2O. The summed E-state index contributed by atoms with van der Waals surface area (Å²) in [5, 5.41) is 2.70. The van der Waals surface area contributed by atoms with Crippen molar-refractivity contribution in [2.75, 3.05) is 6.54 Å². The predicted molar refractivity (Wildman–Crippen MR) is 64.2 cm³/mol. The summed E-state index contributed by atoms with van der Waals surface area (Å²) in [5.74, 6) is -0.676. The molecule has 0 fully saturated rings. The number of halogens is 2. The first kappa shape index (κ1) is 13.1. The zero-order chi connectivity index (χ0) is 12.1.